The van der Waals surface area contributed by atoms with Crippen molar-refractivity contribution in [1.82, 2.24) is 0 Å². The molecular weight excluding hydrogens is 252 g/mol. The highest BCUT2D eigenvalue weighted by molar-refractivity contribution is 5.28. The highest BCUT2D eigenvalue weighted by Crippen LogP contribution is 2.38. The molecule has 0 heteroatoms. The Bertz CT molecular complexity index is 412. The fraction of sp³-hybridized carbons (Fsp3) is 0.714. The summed E-state index contributed by atoms with van der Waals surface area (Å²) >= 11 is 0. The number of hydrogen-bond donors (Lipinski definition) is 0. The molecule has 1 atom stereocenters. The molecule has 118 valence electrons. The van der Waals surface area contributed by atoms with Crippen LogP contribution in [-0.4, -0.2) is 0 Å². The van der Waals surface area contributed by atoms with Crippen molar-refractivity contribution < 1.29 is 0 Å². The second-order valence-corrected chi connectivity index (χ2v) is 8.62. The van der Waals surface area contributed by atoms with Gasteiger partial charge in [0.25, 0.3) is 0 Å². The first-order valence-corrected chi connectivity index (χ1v) is 8.97. The second kappa shape index (κ2) is 6.99. The van der Waals surface area contributed by atoms with Crippen molar-refractivity contribution >= 4 is 0 Å². The predicted octanol–water partition coefficient (Wildman–Crippen LogP) is 6.91. The molecule has 1 aliphatic carbocycles. The highest BCUT2D eigenvalue weighted by atomic mass is 14.3. The Labute approximate surface area is 132 Å². The summed E-state index contributed by atoms with van der Waals surface area (Å²) in [6.07, 6.45) is 8.35. The van der Waals surface area contributed by atoms with Crippen molar-refractivity contribution in [3.8, 4) is 0 Å². The zero-order chi connectivity index (χ0) is 15.5. The summed E-state index contributed by atoms with van der Waals surface area (Å²) < 4.78 is 0. The lowest BCUT2D eigenvalue weighted by Crippen LogP contribution is -2.16. The summed E-state index contributed by atoms with van der Waals surface area (Å²) in [5.74, 6) is 2.23. The molecule has 1 fully saturated rings. The maximum atomic E-state index is 2.42. The molecule has 0 radical (unpaired) electrons. The van der Waals surface area contributed by atoms with E-state index in [0.717, 1.165) is 5.92 Å². The van der Waals surface area contributed by atoms with Crippen LogP contribution in [0.5, 0.6) is 0 Å². The molecular formula is C21H34. The van der Waals surface area contributed by atoms with Gasteiger partial charge in [-0.15, -0.1) is 0 Å². The van der Waals surface area contributed by atoms with Gasteiger partial charge in [0.1, 0.15) is 0 Å². The molecule has 0 aliphatic heterocycles. The Morgan fingerprint density at radius 3 is 2.00 bits per heavy atom. The average Bonchev–Trinajstić information content (AvgIpc) is 2.45. The van der Waals surface area contributed by atoms with Crippen molar-refractivity contribution in [1.29, 1.82) is 0 Å². The fourth-order valence-corrected chi connectivity index (χ4v) is 3.85. The standard InChI is InChI=1S/C21H34/c1-16(2)20(15-21(3,4)5)19-13-11-18(12-14-19)17-9-7-6-8-10-17/h11-14,16-17,20H,6-10,15H2,1-5H3. The molecule has 0 N–H and O–H groups in total. The van der Waals surface area contributed by atoms with Crippen molar-refractivity contribution in [2.45, 2.75) is 85.0 Å². The number of rotatable bonds is 4. The summed E-state index contributed by atoms with van der Waals surface area (Å²) in [5, 5.41) is 0. The third-order valence-electron chi connectivity index (χ3n) is 5.08. The second-order valence-electron chi connectivity index (χ2n) is 8.62. The van der Waals surface area contributed by atoms with Crippen LogP contribution in [-0.2, 0) is 0 Å². The monoisotopic (exact) mass is 286 g/mol. The summed E-state index contributed by atoms with van der Waals surface area (Å²) in [4.78, 5) is 0. The van der Waals surface area contributed by atoms with Crippen LogP contribution in [0.1, 0.15) is 96.1 Å². The average molecular weight is 287 g/mol. The normalized spacial score (nSPS) is 19.0. The van der Waals surface area contributed by atoms with Crippen LogP contribution >= 0.6 is 0 Å². The summed E-state index contributed by atoms with van der Waals surface area (Å²) in [6, 6.07) is 9.67. The summed E-state index contributed by atoms with van der Waals surface area (Å²) in [7, 11) is 0. The number of benzene rings is 1. The fourth-order valence-electron chi connectivity index (χ4n) is 3.85. The molecule has 0 aromatic heterocycles. The van der Waals surface area contributed by atoms with E-state index in [1.54, 1.807) is 11.1 Å². The van der Waals surface area contributed by atoms with Gasteiger partial charge in [-0.05, 0) is 53.6 Å². The largest absolute Gasteiger partial charge is 0.0622 e. The first-order valence-electron chi connectivity index (χ1n) is 8.97. The van der Waals surface area contributed by atoms with Gasteiger partial charge in [-0.1, -0.05) is 78.1 Å². The number of hydrogen-bond acceptors (Lipinski definition) is 0. The zero-order valence-corrected chi connectivity index (χ0v) is 14.8. The van der Waals surface area contributed by atoms with Crippen LogP contribution in [0, 0.1) is 11.3 Å². The first-order chi connectivity index (χ1) is 9.87. The molecule has 1 unspecified atom stereocenters. The lowest BCUT2D eigenvalue weighted by atomic mass is 9.75. The van der Waals surface area contributed by atoms with E-state index in [0.29, 0.717) is 17.3 Å². The SMILES string of the molecule is CC(C)C(CC(C)(C)C)c1ccc(C2CCCCC2)cc1. The van der Waals surface area contributed by atoms with Gasteiger partial charge in [-0.3, -0.25) is 0 Å². The highest BCUT2D eigenvalue weighted by Gasteiger charge is 2.23. The summed E-state index contributed by atoms with van der Waals surface area (Å²) in [6.45, 7) is 11.8. The van der Waals surface area contributed by atoms with Crippen molar-refractivity contribution in [3.63, 3.8) is 0 Å². The maximum Gasteiger partial charge on any atom is -0.0134 e. The van der Waals surface area contributed by atoms with Crippen molar-refractivity contribution in [2.24, 2.45) is 11.3 Å². The van der Waals surface area contributed by atoms with Gasteiger partial charge in [0.2, 0.25) is 0 Å². The Balaban J connectivity index is 2.11. The molecule has 0 spiro atoms. The quantitative estimate of drug-likeness (QED) is 0.564. The molecule has 0 bridgehead atoms. The molecule has 21 heavy (non-hydrogen) atoms. The van der Waals surface area contributed by atoms with E-state index >= 15 is 0 Å². The first kappa shape index (κ1) is 16.6. The molecule has 2 rings (SSSR count). The molecule has 0 nitrogen and oxygen atoms in total. The van der Waals surface area contributed by atoms with Gasteiger partial charge in [0, 0.05) is 0 Å². The van der Waals surface area contributed by atoms with Gasteiger partial charge in [0.05, 0.1) is 0 Å². The molecule has 1 aromatic rings. The lowest BCUT2D eigenvalue weighted by Gasteiger charge is -2.30. The Morgan fingerprint density at radius 2 is 1.52 bits per heavy atom. The predicted molar refractivity (Wildman–Crippen MR) is 93.9 cm³/mol. The van der Waals surface area contributed by atoms with Gasteiger partial charge < -0.3 is 0 Å². The molecule has 1 aliphatic rings. The minimum absolute atomic E-state index is 0.400. The van der Waals surface area contributed by atoms with Crippen LogP contribution in [0.15, 0.2) is 24.3 Å². The molecule has 1 saturated carbocycles. The van der Waals surface area contributed by atoms with Crippen LogP contribution in [0.2, 0.25) is 0 Å². The van der Waals surface area contributed by atoms with E-state index < -0.39 is 0 Å². The Morgan fingerprint density at radius 1 is 0.952 bits per heavy atom. The van der Waals surface area contributed by atoms with Crippen molar-refractivity contribution in [3.05, 3.63) is 35.4 Å². The van der Waals surface area contributed by atoms with Crippen LogP contribution in [0.3, 0.4) is 0 Å². The Kier molecular flexibility index (Phi) is 5.52. The molecule has 1 aromatic carbocycles. The van der Waals surface area contributed by atoms with Crippen LogP contribution in [0.25, 0.3) is 0 Å². The van der Waals surface area contributed by atoms with Gasteiger partial charge in [-0.25, -0.2) is 0 Å². The maximum absolute atomic E-state index is 2.42. The third-order valence-corrected chi connectivity index (χ3v) is 5.08. The van der Waals surface area contributed by atoms with E-state index in [1.165, 1.54) is 38.5 Å². The van der Waals surface area contributed by atoms with E-state index in [4.69, 9.17) is 0 Å². The minimum Gasteiger partial charge on any atom is -0.0622 e. The topological polar surface area (TPSA) is 0 Å². The van der Waals surface area contributed by atoms with Gasteiger partial charge in [-0.2, -0.15) is 0 Å². The molecule has 0 amide bonds. The third kappa shape index (κ3) is 4.87. The smallest absolute Gasteiger partial charge is 0.0134 e. The van der Waals surface area contributed by atoms with Crippen LogP contribution < -0.4 is 0 Å². The van der Waals surface area contributed by atoms with Gasteiger partial charge in [0.15, 0.2) is 0 Å². The molecule has 0 heterocycles. The minimum atomic E-state index is 0.400. The Hall–Kier alpha value is -0.780. The van der Waals surface area contributed by atoms with E-state index in [9.17, 15) is 0 Å². The van der Waals surface area contributed by atoms with E-state index in [2.05, 4.69) is 58.9 Å². The van der Waals surface area contributed by atoms with E-state index in [1.807, 2.05) is 0 Å². The van der Waals surface area contributed by atoms with Gasteiger partial charge >= 0.3 is 0 Å². The lowest BCUT2D eigenvalue weighted by molar-refractivity contribution is 0.301. The summed E-state index contributed by atoms with van der Waals surface area (Å²) in [5.41, 5.74) is 3.52. The van der Waals surface area contributed by atoms with Crippen LogP contribution in [0.4, 0.5) is 0 Å². The molecule has 0 saturated heterocycles. The van der Waals surface area contributed by atoms with E-state index in [-0.39, 0.29) is 0 Å². The van der Waals surface area contributed by atoms with Crippen molar-refractivity contribution in [2.75, 3.05) is 0 Å². The zero-order valence-electron chi connectivity index (χ0n) is 14.8.